The van der Waals surface area contributed by atoms with Gasteiger partial charge in [-0.25, -0.2) is 0 Å². The van der Waals surface area contributed by atoms with Gasteiger partial charge in [0.05, 0.1) is 11.1 Å². The summed E-state index contributed by atoms with van der Waals surface area (Å²) in [5.41, 5.74) is 1.87. The van der Waals surface area contributed by atoms with Crippen molar-refractivity contribution >= 4 is 23.0 Å². The van der Waals surface area contributed by atoms with Gasteiger partial charge in [-0.3, -0.25) is 4.79 Å². The Morgan fingerprint density at radius 3 is 2.35 bits per heavy atom. The van der Waals surface area contributed by atoms with Crippen LogP contribution in [0, 0.1) is 22.7 Å². The topological polar surface area (TPSA) is 101 Å². The number of benzene rings is 2. The molecule has 0 aliphatic heterocycles. The number of nitrogens with zero attached hydrogens (tertiary/aromatic N) is 4. The Balaban J connectivity index is 2.32. The van der Waals surface area contributed by atoms with Gasteiger partial charge in [-0.05, 0) is 36.4 Å². The van der Waals surface area contributed by atoms with Crippen molar-refractivity contribution in [1.29, 1.82) is 10.5 Å². The lowest BCUT2D eigenvalue weighted by Crippen LogP contribution is -2.07. The van der Waals surface area contributed by atoms with E-state index in [0.29, 0.717) is 22.6 Å². The molecule has 2 aromatic rings. The molecular weight excluding hydrogens is 290 g/mol. The van der Waals surface area contributed by atoms with Crippen molar-refractivity contribution in [2.75, 3.05) is 5.32 Å². The van der Waals surface area contributed by atoms with Crippen molar-refractivity contribution < 1.29 is 4.79 Å². The second-order valence-electron chi connectivity index (χ2n) is 4.37. The summed E-state index contributed by atoms with van der Waals surface area (Å²) < 4.78 is 0. The van der Waals surface area contributed by atoms with Crippen LogP contribution in [0.5, 0.6) is 0 Å². The number of nitriles is 2. The molecule has 0 saturated carbocycles. The van der Waals surface area contributed by atoms with E-state index in [4.69, 9.17) is 5.26 Å². The van der Waals surface area contributed by atoms with Crippen molar-refractivity contribution in [2.24, 2.45) is 10.2 Å². The molecular formula is C17H11N5O. The standard InChI is InChI=1S/C17H11N5O/c1-2-17(23)20-14-7-8-16(13(9-14)11-19)22-21-15-6-4-3-5-12(15)10-18/h2-9H,1H2,(H,20,23). The zero-order chi connectivity index (χ0) is 16.7. The normalized spacial score (nSPS) is 9.83. The maximum absolute atomic E-state index is 11.3. The molecule has 0 atom stereocenters. The average Bonchev–Trinajstić information content (AvgIpc) is 2.60. The summed E-state index contributed by atoms with van der Waals surface area (Å²) >= 11 is 0. The van der Waals surface area contributed by atoms with E-state index in [1.807, 2.05) is 12.1 Å². The first kappa shape index (κ1) is 15.6. The zero-order valence-corrected chi connectivity index (χ0v) is 12.0. The summed E-state index contributed by atoms with van der Waals surface area (Å²) in [6.07, 6.45) is 1.14. The third kappa shape index (κ3) is 3.87. The lowest BCUT2D eigenvalue weighted by molar-refractivity contribution is -0.111. The van der Waals surface area contributed by atoms with Crippen LogP contribution in [-0.2, 0) is 4.79 Å². The number of hydrogen-bond donors (Lipinski definition) is 1. The summed E-state index contributed by atoms with van der Waals surface area (Å²) in [6.45, 7) is 3.36. The van der Waals surface area contributed by atoms with E-state index in [2.05, 4.69) is 22.1 Å². The average molecular weight is 301 g/mol. The molecule has 6 nitrogen and oxygen atoms in total. The Morgan fingerprint density at radius 1 is 1.04 bits per heavy atom. The molecule has 0 spiro atoms. The number of anilines is 1. The van der Waals surface area contributed by atoms with Gasteiger partial charge in [-0.2, -0.15) is 10.5 Å². The molecule has 6 heteroatoms. The molecule has 0 fully saturated rings. The van der Waals surface area contributed by atoms with E-state index in [1.54, 1.807) is 36.4 Å². The fraction of sp³-hybridized carbons (Fsp3) is 0. The van der Waals surface area contributed by atoms with E-state index < -0.39 is 0 Å². The Bertz CT molecular complexity index is 871. The van der Waals surface area contributed by atoms with E-state index in [0.717, 1.165) is 6.08 Å². The number of carbonyl (C=O) groups excluding carboxylic acids is 1. The molecule has 0 aromatic heterocycles. The van der Waals surface area contributed by atoms with Crippen LogP contribution in [0.4, 0.5) is 17.1 Å². The molecule has 0 saturated heterocycles. The molecule has 0 radical (unpaired) electrons. The van der Waals surface area contributed by atoms with Crippen molar-refractivity contribution in [1.82, 2.24) is 0 Å². The van der Waals surface area contributed by atoms with Crippen molar-refractivity contribution in [3.8, 4) is 12.1 Å². The van der Waals surface area contributed by atoms with Crippen LogP contribution in [-0.4, -0.2) is 5.91 Å². The van der Waals surface area contributed by atoms with Crippen LogP contribution in [0.2, 0.25) is 0 Å². The number of nitrogens with one attached hydrogen (secondary N) is 1. The van der Waals surface area contributed by atoms with Gasteiger partial charge >= 0.3 is 0 Å². The first-order chi connectivity index (χ1) is 11.2. The number of amides is 1. The molecule has 0 heterocycles. The van der Waals surface area contributed by atoms with E-state index in [1.165, 1.54) is 6.07 Å². The predicted octanol–water partition coefficient (Wildman–Crippen LogP) is 3.97. The molecule has 2 aromatic carbocycles. The molecule has 110 valence electrons. The van der Waals surface area contributed by atoms with Crippen LogP contribution >= 0.6 is 0 Å². The Morgan fingerprint density at radius 2 is 1.70 bits per heavy atom. The molecule has 2 rings (SSSR count). The van der Waals surface area contributed by atoms with E-state index >= 15 is 0 Å². The summed E-state index contributed by atoms with van der Waals surface area (Å²) in [4.78, 5) is 11.3. The highest BCUT2D eigenvalue weighted by Gasteiger charge is 2.05. The van der Waals surface area contributed by atoms with Gasteiger partial charge in [-0.1, -0.05) is 18.7 Å². The Labute approximate surface area is 133 Å². The van der Waals surface area contributed by atoms with E-state index in [-0.39, 0.29) is 11.5 Å². The maximum atomic E-state index is 11.3. The number of carbonyl (C=O) groups is 1. The molecule has 0 aliphatic rings. The number of azo groups is 1. The molecule has 0 bridgehead atoms. The largest absolute Gasteiger partial charge is 0.322 e. The maximum Gasteiger partial charge on any atom is 0.247 e. The van der Waals surface area contributed by atoms with Crippen LogP contribution in [0.1, 0.15) is 11.1 Å². The first-order valence-corrected chi connectivity index (χ1v) is 6.56. The van der Waals surface area contributed by atoms with Crippen LogP contribution in [0.3, 0.4) is 0 Å². The minimum absolute atomic E-state index is 0.255. The molecule has 0 unspecified atom stereocenters. The van der Waals surface area contributed by atoms with Crippen LogP contribution < -0.4 is 5.32 Å². The minimum Gasteiger partial charge on any atom is -0.322 e. The highest BCUT2D eigenvalue weighted by molar-refractivity contribution is 5.99. The van der Waals surface area contributed by atoms with Gasteiger partial charge in [0.1, 0.15) is 23.5 Å². The van der Waals surface area contributed by atoms with Crippen molar-refractivity contribution in [2.45, 2.75) is 0 Å². The highest BCUT2D eigenvalue weighted by atomic mass is 16.1. The predicted molar refractivity (Wildman–Crippen MR) is 85.3 cm³/mol. The van der Waals surface area contributed by atoms with Gasteiger partial charge in [0.25, 0.3) is 0 Å². The summed E-state index contributed by atoms with van der Waals surface area (Å²) in [7, 11) is 0. The van der Waals surface area contributed by atoms with E-state index in [9.17, 15) is 10.1 Å². The van der Waals surface area contributed by atoms with Crippen molar-refractivity contribution in [3.63, 3.8) is 0 Å². The van der Waals surface area contributed by atoms with Gasteiger partial charge in [0.2, 0.25) is 5.91 Å². The monoisotopic (exact) mass is 301 g/mol. The van der Waals surface area contributed by atoms with Gasteiger partial charge < -0.3 is 5.32 Å². The lowest BCUT2D eigenvalue weighted by Gasteiger charge is -2.04. The second-order valence-corrected chi connectivity index (χ2v) is 4.37. The van der Waals surface area contributed by atoms with Crippen molar-refractivity contribution in [3.05, 3.63) is 66.2 Å². The zero-order valence-electron chi connectivity index (χ0n) is 12.0. The third-order valence-corrected chi connectivity index (χ3v) is 2.86. The summed E-state index contributed by atoms with van der Waals surface area (Å²) in [5.74, 6) is -0.369. The second kappa shape index (κ2) is 7.30. The molecule has 1 amide bonds. The Hall–Kier alpha value is -3.77. The number of hydrogen-bond acceptors (Lipinski definition) is 5. The van der Waals surface area contributed by atoms with Gasteiger partial charge in [0.15, 0.2) is 0 Å². The quantitative estimate of drug-likeness (QED) is 0.682. The third-order valence-electron chi connectivity index (χ3n) is 2.86. The lowest BCUT2D eigenvalue weighted by atomic mass is 10.1. The van der Waals surface area contributed by atoms with Gasteiger partial charge in [0, 0.05) is 5.69 Å². The number of rotatable bonds is 4. The first-order valence-electron chi connectivity index (χ1n) is 6.56. The fourth-order valence-electron chi connectivity index (χ4n) is 1.75. The van der Waals surface area contributed by atoms with Crippen LogP contribution in [0.25, 0.3) is 0 Å². The smallest absolute Gasteiger partial charge is 0.247 e. The highest BCUT2D eigenvalue weighted by Crippen LogP contribution is 2.26. The fourth-order valence-corrected chi connectivity index (χ4v) is 1.75. The summed E-state index contributed by atoms with van der Waals surface area (Å²) in [6, 6.07) is 15.4. The van der Waals surface area contributed by atoms with Gasteiger partial charge in [-0.15, -0.1) is 10.2 Å². The molecule has 23 heavy (non-hydrogen) atoms. The SMILES string of the molecule is C=CC(=O)Nc1ccc(N=Nc2ccccc2C#N)c(C#N)c1. The van der Waals surface area contributed by atoms with Crippen LogP contribution in [0.15, 0.2) is 65.3 Å². The molecule has 1 N–H and O–H groups in total. The molecule has 0 aliphatic carbocycles. The Kier molecular flexibility index (Phi) is 4.96. The summed E-state index contributed by atoms with van der Waals surface area (Å²) in [5, 5.41) is 28.8. The minimum atomic E-state index is -0.369.